The molecule has 0 saturated carbocycles. The molecular formula is C9H17N3O3S. The Morgan fingerprint density at radius 3 is 2.31 bits per heavy atom. The maximum atomic E-state index is 11.0. The Balaban J connectivity index is 2.59. The first-order valence-electron chi connectivity index (χ1n) is 4.90. The molecule has 0 radical (unpaired) electrons. The maximum Gasteiger partial charge on any atom is 0.231 e. The monoisotopic (exact) mass is 247 g/mol. The topological polar surface area (TPSA) is 85.1 Å². The molecular weight excluding hydrogens is 230 g/mol. The van der Waals surface area contributed by atoms with Gasteiger partial charge in [0.2, 0.25) is 11.8 Å². The molecule has 16 heavy (non-hydrogen) atoms. The SMILES string of the molecule is CC(C)(C)NCc1nnc(CS(C)(=O)=O)o1. The van der Waals surface area contributed by atoms with Gasteiger partial charge < -0.3 is 9.73 Å². The lowest BCUT2D eigenvalue weighted by atomic mass is 10.1. The predicted molar refractivity (Wildman–Crippen MR) is 59.4 cm³/mol. The van der Waals surface area contributed by atoms with E-state index in [-0.39, 0.29) is 17.2 Å². The van der Waals surface area contributed by atoms with E-state index in [4.69, 9.17) is 4.42 Å². The lowest BCUT2D eigenvalue weighted by molar-refractivity contribution is 0.374. The molecule has 7 heteroatoms. The predicted octanol–water partition coefficient (Wildman–Crippen LogP) is 0.502. The summed E-state index contributed by atoms with van der Waals surface area (Å²) in [6.45, 7) is 6.47. The van der Waals surface area contributed by atoms with E-state index < -0.39 is 9.84 Å². The second-order valence-corrected chi connectivity index (χ2v) is 6.90. The zero-order valence-electron chi connectivity index (χ0n) is 9.94. The summed E-state index contributed by atoms with van der Waals surface area (Å²) < 4.78 is 27.2. The molecule has 0 aliphatic carbocycles. The summed E-state index contributed by atoms with van der Waals surface area (Å²) in [6, 6.07) is 0. The Bertz CT molecular complexity index is 445. The van der Waals surface area contributed by atoms with Crippen LogP contribution in [0.3, 0.4) is 0 Å². The third kappa shape index (κ3) is 5.22. The highest BCUT2D eigenvalue weighted by Crippen LogP contribution is 2.06. The molecule has 1 N–H and O–H groups in total. The van der Waals surface area contributed by atoms with Crippen molar-refractivity contribution in [2.45, 2.75) is 38.6 Å². The molecule has 0 fully saturated rings. The molecule has 0 aromatic carbocycles. The van der Waals surface area contributed by atoms with Gasteiger partial charge in [-0.3, -0.25) is 0 Å². The average Bonchev–Trinajstić information content (AvgIpc) is 2.44. The van der Waals surface area contributed by atoms with Gasteiger partial charge in [-0.15, -0.1) is 10.2 Å². The molecule has 0 amide bonds. The van der Waals surface area contributed by atoms with Crippen molar-refractivity contribution in [3.8, 4) is 0 Å². The molecule has 92 valence electrons. The number of nitrogens with zero attached hydrogens (tertiary/aromatic N) is 2. The lowest BCUT2D eigenvalue weighted by Crippen LogP contribution is -2.35. The molecule has 0 atom stereocenters. The first kappa shape index (κ1) is 13.1. The number of hydrogen-bond donors (Lipinski definition) is 1. The van der Waals surface area contributed by atoms with Gasteiger partial charge in [-0.25, -0.2) is 8.42 Å². The first-order valence-corrected chi connectivity index (χ1v) is 6.96. The van der Waals surface area contributed by atoms with Crippen LogP contribution < -0.4 is 5.32 Å². The van der Waals surface area contributed by atoms with Gasteiger partial charge in [0.1, 0.15) is 5.75 Å². The van der Waals surface area contributed by atoms with E-state index in [9.17, 15) is 8.42 Å². The van der Waals surface area contributed by atoms with Gasteiger partial charge in [0.25, 0.3) is 0 Å². The van der Waals surface area contributed by atoms with E-state index >= 15 is 0 Å². The van der Waals surface area contributed by atoms with Crippen molar-refractivity contribution in [3.63, 3.8) is 0 Å². The third-order valence-electron chi connectivity index (χ3n) is 1.66. The zero-order chi connectivity index (χ0) is 12.4. The van der Waals surface area contributed by atoms with Crippen LogP contribution in [-0.2, 0) is 22.1 Å². The van der Waals surface area contributed by atoms with Crippen LogP contribution in [0.5, 0.6) is 0 Å². The lowest BCUT2D eigenvalue weighted by Gasteiger charge is -2.18. The molecule has 0 spiro atoms. The van der Waals surface area contributed by atoms with Crippen molar-refractivity contribution in [3.05, 3.63) is 11.8 Å². The van der Waals surface area contributed by atoms with Crippen molar-refractivity contribution in [1.82, 2.24) is 15.5 Å². The van der Waals surface area contributed by atoms with E-state index in [2.05, 4.69) is 15.5 Å². The molecule has 1 aromatic heterocycles. The molecule has 6 nitrogen and oxygen atoms in total. The minimum absolute atomic E-state index is 0.0501. The molecule has 0 bridgehead atoms. The summed E-state index contributed by atoms with van der Waals surface area (Å²) in [7, 11) is -3.12. The van der Waals surface area contributed by atoms with Crippen molar-refractivity contribution in [2.75, 3.05) is 6.26 Å². The Kier molecular flexibility index (Phi) is 3.69. The summed E-state index contributed by atoms with van der Waals surface area (Å²) in [5, 5.41) is 10.6. The highest BCUT2D eigenvalue weighted by molar-refractivity contribution is 7.89. The Hall–Kier alpha value is -0.950. The van der Waals surface area contributed by atoms with Crippen LogP contribution in [0.2, 0.25) is 0 Å². The van der Waals surface area contributed by atoms with E-state index in [1.165, 1.54) is 0 Å². The molecule has 1 aromatic rings. The fourth-order valence-corrected chi connectivity index (χ4v) is 1.55. The van der Waals surface area contributed by atoms with Gasteiger partial charge >= 0.3 is 0 Å². The van der Waals surface area contributed by atoms with Crippen LogP contribution in [0.4, 0.5) is 0 Å². The number of nitrogens with one attached hydrogen (secondary N) is 1. The van der Waals surface area contributed by atoms with Gasteiger partial charge in [0.05, 0.1) is 6.54 Å². The second kappa shape index (κ2) is 4.50. The van der Waals surface area contributed by atoms with Crippen molar-refractivity contribution in [2.24, 2.45) is 0 Å². The summed E-state index contributed by atoms with van der Waals surface area (Å²) in [5.74, 6) is 0.317. The molecule has 0 aliphatic heterocycles. The number of hydrogen-bond acceptors (Lipinski definition) is 6. The molecule has 0 unspecified atom stereocenters. The van der Waals surface area contributed by atoms with Gasteiger partial charge in [-0.1, -0.05) is 0 Å². The van der Waals surface area contributed by atoms with Crippen LogP contribution >= 0.6 is 0 Å². The van der Waals surface area contributed by atoms with Gasteiger partial charge in [-0.05, 0) is 20.8 Å². The minimum atomic E-state index is -3.12. The second-order valence-electron chi connectivity index (χ2n) is 4.76. The molecule has 1 rings (SSSR count). The molecule has 0 saturated heterocycles. The third-order valence-corrected chi connectivity index (χ3v) is 2.44. The van der Waals surface area contributed by atoms with Crippen LogP contribution in [0, 0.1) is 0 Å². The summed E-state index contributed by atoms with van der Waals surface area (Å²) in [6.07, 6.45) is 1.13. The van der Waals surface area contributed by atoms with E-state index in [1.807, 2.05) is 20.8 Å². The molecule has 1 heterocycles. The van der Waals surface area contributed by atoms with Gasteiger partial charge in [0.15, 0.2) is 9.84 Å². The van der Waals surface area contributed by atoms with Crippen LogP contribution in [0.15, 0.2) is 4.42 Å². The number of sulfone groups is 1. The van der Waals surface area contributed by atoms with Crippen molar-refractivity contribution < 1.29 is 12.8 Å². The smallest absolute Gasteiger partial charge is 0.231 e. The van der Waals surface area contributed by atoms with Gasteiger partial charge in [-0.2, -0.15) is 0 Å². The fraction of sp³-hybridized carbons (Fsp3) is 0.778. The summed E-state index contributed by atoms with van der Waals surface area (Å²) in [5.41, 5.74) is -0.0501. The quantitative estimate of drug-likeness (QED) is 0.834. The highest BCUT2D eigenvalue weighted by Gasteiger charge is 2.14. The highest BCUT2D eigenvalue weighted by atomic mass is 32.2. The standard InChI is InChI=1S/C9H17N3O3S/c1-9(2,3)10-5-7-11-12-8(15-7)6-16(4,13)14/h10H,5-6H2,1-4H3. The van der Waals surface area contributed by atoms with Crippen molar-refractivity contribution >= 4 is 9.84 Å². The number of aromatic nitrogens is 2. The fourth-order valence-electron chi connectivity index (χ4n) is 0.983. The van der Waals surface area contributed by atoms with E-state index in [0.717, 1.165) is 6.26 Å². The van der Waals surface area contributed by atoms with E-state index in [0.29, 0.717) is 12.4 Å². The summed E-state index contributed by atoms with van der Waals surface area (Å²) in [4.78, 5) is 0. The first-order chi connectivity index (χ1) is 7.16. The average molecular weight is 247 g/mol. The molecule has 0 aliphatic rings. The maximum absolute atomic E-state index is 11.0. The van der Waals surface area contributed by atoms with Crippen LogP contribution in [0.25, 0.3) is 0 Å². The summed E-state index contributed by atoms with van der Waals surface area (Å²) >= 11 is 0. The van der Waals surface area contributed by atoms with Gasteiger partial charge in [0, 0.05) is 11.8 Å². The minimum Gasteiger partial charge on any atom is -0.423 e. The Morgan fingerprint density at radius 2 is 1.81 bits per heavy atom. The Labute approximate surface area is 95.4 Å². The number of rotatable bonds is 4. The zero-order valence-corrected chi connectivity index (χ0v) is 10.8. The van der Waals surface area contributed by atoms with E-state index in [1.54, 1.807) is 0 Å². The van der Waals surface area contributed by atoms with Crippen LogP contribution in [-0.4, -0.2) is 30.4 Å². The van der Waals surface area contributed by atoms with Crippen LogP contribution in [0.1, 0.15) is 32.6 Å². The largest absolute Gasteiger partial charge is 0.423 e. The normalized spacial score (nSPS) is 13.0. The van der Waals surface area contributed by atoms with Crippen molar-refractivity contribution in [1.29, 1.82) is 0 Å². The Morgan fingerprint density at radius 1 is 1.25 bits per heavy atom.